The predicted molar refractivity (Wildman–Crippen MR) is 77.9 cm³/mol. The molecule has 110 valence electrons. The first-order valence-electron chi connectivity index (χ1n) is 6.15. The molecule has 0 spiro atoms. The van der Waals surface area contributed by atoms with E-state index < -0.39 is 23.1 Å². The van der Waals surface area contributed by atoms with Gasteiger partial charge in [-0.15, -0.1) is 0 Å². The van der Waals surface area contributed by atoms with E-state index in [1.165, 1.54) is 19.1 Å². The fraction of sp³-hybridized carbons (Fsp3) is 0.429. The summed E-state index contributed by atoms with van der Waals surface area (Å²) in [7, 11) is 0. The zero-order chi connectivity index (χ0) is 15.5. The second-order valence-electron chi connectivity index (χ2n) is 5.23. The van der Waals surface area contributed by atoms with Gasteiger partial charge in [-0.3, -0.25) is 9.59 Å². The minimum Gasteiger partial charge on any atom is -0.481 e. The van der Waals surface area contributed by atoms with Gasteiger partial charge in [0.1, 0.15) is 5.82 Å². The van der Waals surface area contributed by atoms with Crippen molar-refractivity contribution in [2.24, 2.45) is 11.3 Å². The lowest BCUT2D eigenvalue weighted by atomic mass is 9.76. The van der Waals surface area contributed by atoms with Gasteiger partial charge in [0.05, 0.1) is 9.89 Å². The number of hydrogen-bond donors (Lipinski definition) is 2. The van der Waals surface area contributed by atoms with Gasteiger partial charge in [0, 0.05) is 12.1 Å². The Morgan fingerprint density at radius 3 is 2.50 bits per heavy atom. The number of carboxylic acid groups (broad SMARTS) is 1. The maximum Gasteiger partial charge on any atom is 0.310 e. The molecule has 4 nitrogen and oxygen atoms in total. The fourth-order valence-electron chi connectivity index (χ4n) is 1.64. The molecule has 20 heavy (non-hydrogen) atoms. The summed E-state index contributed by atoms with van der Waals surface area (Å²) >= 11 is 3.02. The van der Waals surface area contributed by atoms with Crippen LogP contribution in [0.3, 0.4) is 0 Å². The maximum atomic E-state index is 13.3. The van der Waals surface area contributed by atoms with Gasteiger partial charge in [-0.2, -0.15) is 0 Å². The highest BCUT2D eigenvalue weighted by atomic mass is 79.9. The number of amides is 1. The van der Waals surface area contributed by atoms with Crippen LogP contribution < -0.4 is 5.32 Å². The predicted octanol–water partition coefficient (Wildman–Crippen LogP) is 3.66. The van der Waals surface area contributed by atoms with E-state index >= 15 is 0 Å². The maximum absolute atomic E-state index is 13.3. The smallest absolute Gasteiger partial charge is 0.310 e. The first-order valence-corrected chi connectivity index (χ1v) is 6.94. The van der Waals surface area contributed by atoms with E-state index in [2.05, 4.69) is 21.2 Å². The second-order valence-corrected chi connectivity index (χ2v) is 6.09. The number of carbonyl (C=O) groups is 2. The van der Waals surface area contributed by atoms with Crippen molar-refractivity contribution in [3.05, 3.63) is 28.5 Å². The van der Waals surface area contributed by atoms with E-state index in [1.54, 1.807) is 19.9 Å². The van der Waals surface area contributed by atoms with Crippen molar-refractivity contribution < 1.29 is 19.1 Å². The number of carboxylic acids is 1. The molecule has 0 radical (unpaired) electrons. The Kier molecular flexibility index (Phi) is 5.28. The van der Waals surface area contributed by atoms with Crippen molar-refractivity contribution in [2.45, 2.75) is 27.2 Å². The van der Waals surface area contributed by atoms with Crippen LogP contribution in [0.15, 0.2) is 22.7 Å². The summed E-state index contributed by atoms with van der Waals surface area (Å²) < 4.78 is 13.6. The number of anilines is 1. The highest BCUT2D eigenvalue weighted by molar-refractivity contribution is 9.10. The van der Waals surface area contributed by atoms with Crippen molar-refractivity contribution >= 4 is 33.5 Å². The Balaban J connectivity index is 2.81. The average molecular weight is 346 g/mol. The molecule has 0 saturated carbocycles. The molecule has 0 bridgehead atoms. The molecule has 2 N–H and O–H groups in total. The molecule has 0 fully saturated rings. The standard InChI is InChI=1S/C14H17BrFNO3/c1-8(2)14(3,13(19)20)7-12(18)17-9-4-5-10(15)11(16)6-9/h4-6,8H,7H2,1-3H3,(H,17,18)(H,19,20). The zero-order valence-corrected chi connectivity index (χ0v) is 13.1. The molecule has 1 aromatic rings. The van der Waals surface area contributed by atoms with Crippen LogP contribution in [0.25, 0.3) is 0 Å². The van der Waals surface area contributed by atoms with E-state index in [1.807, 2.05) is 0 Å². The lowest BCUT2D eigenvalue weighted by Gasteiger charge is -2.28. The molecule has 6 heteroatoms. The van der Waals surface area contributed by atoms with Crippen molar-refractivity contribution in [3.8, 4) is 0 Å². The molecule has 1 unspecified atom stereocenters. The van der Waals surface area contributed by atoms with Crippen LogP contribution in [0, 0.1) is 17.2 Å². The Morgan fingerprint density at radius 2 is 2.05 bits per heavy atom. The van der Waals surface area contributed by atoms with E-state index in [9.17, 15) is 19.1 Å². The summed E-state index contributed by atoms with van der Waals surface area (Å²) in [6, 6.07) is 4.19. The van der Waals surface area contributed by atoms with Crippen LogP contribution in [0.5, 0.6) is 0 Å². The van der Waals surface area contributed by atoms with Crippen molar-refractivity contribution in [1.82, 2.24) is 0 Å². The summed E-state index contributed by atoms with van der Waals surface area (Å²) in [5, 5.41) is 11.8. The molecule has 1 aromatic carbocycles. The minimum atomic E-state index is -1.15. The first-order chi connectivity index (χ1) is 9.16. The number of hydrogen-bond acceptors (Lipinski definition) is 2. The minimum absolute atomic E-state index is 0.169. The summed E-state index contributed by atoms with van der Waals surface area (Å²) in [6.07, 6.45) is -0.169. The van der Waals surface area contributed by atoms with Crippen LogP contribution in [0.2, 0.25) is 0 Å². The van der Waals surface area contributed by atoms with Crippen LogP contribution in [-0.2, 0) is 9.59 Å². The zero-order valence-electron chi connectivity index (χ0n) is 11.5. The molecule has 1 rings (SSSR count). The lowest BCUT2D eigenvalue weighted by Crippen LogP contribution is -2.37. The monoisotopic (exact) mass is 345 g/mol. The van der Waals surface area contributed by atoms with Gasteiger partial charge in [0.15, 0.2) is 0 Å². The normalized spacial score (nSPS) is 13.9. The third kappa shape index (κ3) is 3.79. The van der Waals surface area contributed by atoms with E-state index in [-0.39, 0.29) is 12.3 Å². The van der Waals surface area contributed by atoms with Crippen LogP contribution in [-0.4, -0.2) is 17.0 Å². The molecule has 0 heterocycles. The second kappa shape index (κ2) is 6.35. The lowest BCUT2D eigenvalue weighted by molar-refractivity contribution is -0.153. The van der Waals surface area contributed by atoms with Gasteiger partial charge in [-0.05, 0) is 47.0 Å². The summed E-state index contributed by atoms with van der Waals surface area (Å²) in [5.41, 5.74) is -0.856. The number of rotatable bonds is 5. The Labute approximate surface area is 125 Å². The third-order valence-electron chi connectivity index (χ3n) is 3.49. The summed E-state index contributed by atoms with van der Waals surface area (Å²) in [4.78, 5) is 23.2. The van der Waals surface area contributed by atoms with Gasteiger partial charge in [0.25, 0.3) is 0 Å². The van der Waals surface area contributed by atoms with Crippen LogP contribution in [0.4, 0.5) is 10.1 Å². The topological polar surface area (TPSA) is 66.4 Å². The summed E-state index contributed by atoms with van der Waals surface area (Å²) in [5.74, 6) is -2.17. The largest absolute Gasteiger partial charge is 0.481 e. The number of carbonyl (C=O) groups excluding carboxylic acids is 1. The number of benzene rings is 1. The molecule has 0 aliphatic heterocycles. The van der Waals surface area contributed by atoms with Gasteiger partial charge in [-0.25, -0.2) is 4.39 Å². The molecule has 0 aliphatic carbocycles. The molecular weight excluding hydrogens is 329 g/mol. The van der Waals surface area contributed by atoms with Crippen molar-refractivity contribution in [3.63, 3.8) is 0 Å². The van der Waals surface area contributed by atoms with E-state index in [4.69, 9.17) is 0 Å². The average Bonchev–Trinajstić information content (AvgIpc) is 2.33. The molecular formula is C14H17BrFNO3. The van der Waals surface area contributed by atoms with Crippen LogP contribution in [0.1, 0.15) is 27.2 Å². The van der Waals surface area contributed by atoms with Crippen LogP contribution >= 0.6 is 15.9 Å². The molecule has 0 aliphatic rings. The Hall–Kier alpha value is -1.43. The Bertz CT molecular complexity index is 533. The highest BCUT2D eigenvalue weighted by Gasteiger charge is 2.38. The Morgan fingerprint density at radius 1 is 1.45 bits per heavy atom. The van der Waals surface area contributed by atoms with Gasteiger partial charge >= 0.3 is 5.97 Å². The van der Waals surface area contributed by atoms with Gasteiger partial charge < -0.3 is 10.4 Å². The SMILES string of the molecule is CC(C)C(C)(CC(=O)Nc1ccc(Br)c(F)c1)C(=O)O. The van der Waals surface area contributed by atoms with E-state index in [0.717, 1.165) is 0 Å². The molecule has 0 aromatic heterocycles. The van der Waals surface area contributed by atoms with Gasteiger partial charge in [0.2, 0.25) is 5.91 Å². The van der Waals surface area contributed by atoms with Gasteiger partial charge in [-0.1, -0.05) is 13.8 Å². The molecule has 1 atom stereocenters. The number of halogens is 2. The fourth-order valence-corrected chi connectivity index (χ4v) is 1.89. The van der Waals surface area contributed by atoms with Crippen molar-refractivity contribution in [1.29, 1.82) is 0 Å². The highest BCUT2D eigenvalue weighted by Crippen LogP contribution is 2.32. The quantitative estimate of drug-likeness (QED) is 0.855. The number of nitrogens with one attached hydrogen (secondary N) is 1. The molecule has 0 saturated heterocycles. The first kappa shape index (κ1) is 16.6. The summed E-state index contributed by atoms with van der Waals surface area (Å²) in [6.45, 7) is 5.03. The van der Waals surface area contributed by atoms with Crippen molar-refractivity contribution in [2.75, 3.05) is 5.32 Å². The third-order valence-corrected chi connectivity index (χ3v) is 4.14. The van der Waals surface area contributed by atoms with E-state index in [0.29, 0.717) is 10.2 Å². The number of aliphatic carboxylic acids is 1. The molecule has 1 amide bonds.